The van der Waals surface area contributed by atoms with Gasteiger partial charge in [-0.25, -0.2) is 4.79 Å². The fourth-order valence-corrected chi connectivity index (χ4v) is 2.52. The van der Waals surface area contributed by atoms with E-state index in [0.29, 0.717) is 32.7 Å². The van der Waals surface area contributed by atoms with Crippen molar-refractivity contribution in [3.63, 3.8) is 0 Å². The summed E-state index contributed by atoms with van der Waals surface area (Å²) in [6.07, 6.45) is 2.66. The van der Waals surface area contributed by atoms with Gasteiger partial charge in [0.1, 0.15) is 0 Å². The largest absolute Gasteiger partial charge is 0.454 e. The van der Waals surface area contributed by atoms with Crippen LogP contribution in [0.15, 0.2) is 42.5 Å². The van der Waals surface area contributed by atoms with Crippen LogP contribution in [0, 0.1) is 0 Å². The van der Waals surface area contributed by atoms with Crippen LogP contribution < -0.4 is 9.47 Å². The van der Waals surface area contributed by atoms with E-state index in [9.17, 15) is 9.59 Å². The third kappa shape index (κ3) is 4.13. The molecule has 0 spiro atoms. The monoisotopic (exact) mass is 378 g/mol. The van der Waals surface area contributed by atoms with E-state index in [0.717, 1.165) is 0 Å². The first kappa shape index (κ1) is 17.3. The Kier molecular flexibility index (Phi) is 5.26. The lowest BCUT2D eigenvalue weighted by atomic mass is 10.1. The Balaban J connectivity index is 1.57. The van der Waals surface area contributed by atoms with Crippen molar-refractivity contribution < 1.29 is 23.8 Å². The second-order valence-corrected chi connectivity index (χ2v) is 5.86. The number of fused-ring (bicyclic) bond motifs is 1. The van der Waals surface area contributed by atoms with Gasteiger partial charge in [0.15, 0.2) is 23.9 Å². The van der Waals surface area contributed by atoms with Crippen molar-refractivity contribution in [2.45, 2.75) is 0 Å². The third-order valence-corrected chi connectivity index (χ3v) is 4.25. The number of halogens is 2. The molecule has 3 rings (SSSR count). The molecule has 1 aliphatic heterocycles. The molecule has 0 radical (unpaired) electrons. The van der Waals surface area contributed by atoms with Gasteiger partial charge in [0.05, 0.1) is 10.0 Å². The summed E-state index contributed by atoms with van der Waals surface area (Å²) in [6, 6.07) is 9.84. The van der Waals surface area contributed by atoms with Crippen molar-refractivity contribution in [1.29, 1.82) is 0 Å². The molecule has 128 valence electrons. The maximum absolute atomic E-state index is 12.1. The Labute approximate surface area is 153 Å². The van der Waals surface area contributed by atoms with Crippen molar-refractivity contribution in [3.05, 3.63) is 63.6 Å². The predicted octanol–water partition coefficient (Wildman–Crippen LogP) is 4.16. The van der Waals surface area contributed by atoms with Crippen LogP contribution in [0.2, 0.25) is 10.0 Å². The number of carbonyl (C=O) groups is 2. The lowest BCUT2D eigenvalue weighted by Crippen LogP contribution is -2.12. The first-order valence-electron chi connectivity index (χ1n) is 7.26. The normalized spacial score (nSPS) is 12.4. The maximum Gasteiger partial charge on any atom is 0.331 e. The lowest BCUT2D eigenvalue weighted by molar-refractivity contribution is -0.136. The number of ketones is 1. The van der Waals surface area contributed by atoms with Crippen LogP contribution in [0.4, 0.5) is 0 Å². The summed E-state index contributed by atoms with van der Waals surface area (Å²) < 4.78 is 15.3. The van der Waals surface area contributed by atoms with Gasteiger partial charge in [-0.05, 0) is 35.9 Å². The number of hydrogen-bond donors (Lipinski definition) is 0. The smallest absolute Gasteiger partial charge is 0.331 e. The van der Waals surface area contributed by atoms with Crippen molar-refractivity contribution in [2.24, 2.45) is 0 Å². The number of rotatable bonds is 5. The average molecular weight is 379 g/mol. The van der Waals surface area contributed by atoms with Gasteiger partial charge in [0, 0.05) is 11.6 Å². The molecule has 1 heterocycles. The molecule has 0 bridgehead atoms. The summed E-state index contributed by atoms with van der Waals surface area (Å²) in [6.45, 7) is -0.259. The molecule has 0 aliphatic carbocycles. The van der Waals surface area contributed by atoms with Crippen LogP contribution in [0.5, 0.6) is 11.5 Å². The highest BCUT2D eigenvalue weighted by atomic mass is 35.5. The molecule has 0 aromatic heterocycles. The Hall–Kier alpha value is -2.50. The van der Waals surface area contributed by atoms with Gasteiger partial charge in [0.2, 0.25) is 6.79 Å². The van der Waals surface area contributed by atoms with Gasteiger partial charge in [-0.1, -0.05) is 35.3 Å². The van der Waals surface area contributed by atoms with Crippen LogP contribution in [-0.4, -0.2) is 25.2 Å². The number of esters is 1. The Morgan fingerprint density at radius 2 is 1.92 bits per heavy atom. The van der Waals surface area contributed by atoms with Gasteiger partial charge >= 0.3 is 5.97 Å². The van der Waals surface area contributed by atoms with E-state index in [4.69, 9.17) is 37.4 Å². The minimum Gasteiger partial charge on any atom is -0.454 e. The van der Waals surface area contributed by atoms with Gasteiger partial charge in [0.25, 0.3) is 0 Å². The summed E-state index contributed by atoms with van der Waals surface area (Å²) in [7, 11) is 0. The summed E-state index contributed by atoms with van der Waals surface area (Å²) in [5.41, 5.74) is 0.951. The van der Waals surface area contributed by atoms with Crippen LogP contribution in [0.3, 0.4) is 0 Å². The zero-order valence-corrected chi connectivity index (χ0v) is 14.3. The average Bonchev–Trinajstić information content (AvgIpc) is 3.08. The fraction of sp³-hybridized carbons (Fsp3) is 0.111. The van der Waals surface area contributed by atoms with Crippen LogP contribution in [-0.2, 0) is 9.53 Å². The molecule has 0 fully saturated rings. The maximum atomic E-state index is 12.1. The van der Waals surface area contributed by atoms with E-state index in [1.165, 1.54) is 12.2 Å². The Morgan fingerprint density at radius 1 is 1.12 bits per heavy atom. The van der Waals surface area contributed by atoms with Gasteiger partial charge in [-0.15, -0.1) is 0 Å². The number of benzene rings is 2. The van der Waals surface area contributed by atoms with Crippen LogP contribution in [0.1, 0.15) is 15.9 Å². The number of ether oxygens (including phenoxy) is 3. The molecular formula is C18H12Cl2O5. The van der Waals surface area contributed by atoms with E-state index in [-0.39, 0.29) is 19.2 Å². The summed E-state index contributed by atoms with van der Waals surface area (Å²) in [4.78, 5) is 23.8. The third-order valence-electron chi connectivity index (χ3n) is 3.42. The van der Waals surface area contributed by atoms with Gasteiger partial charge in [-0.3, -0.25) is 4.79 Å². The summed E-state index contributed by atoms with van der Waals surface area (Å²) in [5.74, 6) is 0.0634. The Morgan fingerprint density at radius 3 is 2.76 bits per heavy atom. The first-order chi connectivity index (χ1) is 12.0. The second kappa shape index (κ2) is 7.59. The highest BCUT2D eigenvalue weighted by Crippen LogP contribution is 2.32. The zero-order valence-electron chi connectivity index (χ0n) is 12.8. The minimum atomic E-state index is -0.662. The molecule has 5 nitrogen and oxygen atoms in total. The standard InChI is InChI=1S/C18H12Cl2O5/c19-13-3-1-2-11(18(13)20)5-7-17(22)23-9-14(21)12-4-6-15-16(8-12)25-10-24-15/h1-8H,9-10H2/b7-5+. The van der Waals surface area contributed by atoms with Crippen LogP contribution >= 0.6 is 23.2 Å². The minimum absolute atomic E-state index is 0.124. The topological polar surface area (TPSA) is 61.8 Å². The van der Waals surface area contributed by atoms with Crippen molar-refractivity contribution >= 4 is 41.0 Å². The number of hydrogen-bond acceptors (Lipinski definition) is 5. The Bertz CT molecular complexity index is 861. The van der Waals surface area contributed by atoms with Gasteiger partial charge < -0.3 is 14.2 Å². The molecular weight excluding hydrogens is 367 g/mol. The van der Waals surface area contributed by atoms with Crippen LogP contribution in [0.25, 0.3) is 6.08 Å². The summed E-state index contributed by atoms with van der Waals surface area (Å²) >= 11 is 11.9. The first-order valence-corrected chi connectivity index (χ1v) is 8.02. The molecule has 0 N–H and O–H groups in total. The van der Waals surface area contributed by atoms with Crippen molar-refractivity contribution in [3.8, 4) is 11.5 Å². The fourth-order valence-electron chi connectivity index (χ4n) is 2.15. The molecule has 0 unspecified atom stereocenters. The number of Topliss-reactive ketones (excluding diaryl/α,β-unsaturated/α-hetero) is 1. The lowest BCUT2D eigenvalue weighted by Gasteiger charge is -2.03. The van der Waals surface area contributed by atoms with Gasteiger partial charge in [-0.2, -0.15) is 0 Å². The predicted molar refractivity (Wildman–Crippen MR) is 93.4 cm³/mol. The SMILES string of the molecule is O=C(/C=C/c1cccc(Cl)c1Cl)OCC(=O)c1ccc2c(c1)OCO2. The van der Waals surface area contributed by atoms with E-state index in [1.807, 2.05) is 0 Å². The highest BCUT2D eigenvalue weighted by Gasteiger charge is 2.16. The second-order valence-electron chi connectivity index (χ2n) is 5.08. The molecule has 7 heteroatoms. The highest BCUT2D eigenvalue weighted by molar-refractivity contribution is 6.42. The molecule has 1 aliphatic rings. The van der Waals surface area contributed by atoms with E-state index in [2.05, 4.69) is 0 Å². The molecule has 0 amide bonds. The molecule has 0 saturated carbocycles. The molecule has 25 heavy (non-hydrogen) atoms. The van der Waals surface area contributed by atoms with E-state index in [1.54, 1.807) is 36.4 Å². The molecule has 0 saturated heterocycles. The quantitative estimate of drug-likeness (QED) is 0.444. The van der Waals surface area contributed by atoms with Crippen molar-refractivity contribution in [2.75, 3.05) is 13.4 Å². The molecule has 0 atom stereocenters. The zero-order chi connectivity index (χ0) is 17.8. The molecule has 2 aromatic carbocycles. The van der Waals surface area contributed by atoms with E-state index >= 15 is 0 Å². The number of carbonyl (C=O) groups excluding carboxylic acids is 2. The molecule has 2 aromatic rings. The van der Waals surface area contributed by atoms with Crippen molar-refractivity contribution in [1.82, 2.24) is 0 Å². The summed E-state index contributed by atoms with van der Waals surface area (Å²) in [5, 5.41) is 0.722. The van der Waals surface area contributed by atoms with E-state index < -0.39 is 5.97 Å².